The molecule has 164 valence electrons. The molecule has 2 aromatic rings. The summed E-state index contributed by atoms with van der Waals surface area (Å²) < 4.78 is 43.0. The van der Waals surface area contributed by atoms with Crippen molar-refractivity contribution in [3.63, 3.8) is 0 Å². The van der Waals surface area contributed by atoms with Crippen LogP contribution in [0.2, 0.25) is 0 Å². The summed E-state index contributed by atoms with van der Waals surface area (Å²) in [5, 5.41) is 21.7. The van der Waals surface area contributed by atoms with Gasteiger partial charge in [0.25, 0.3) is 5.56 Å². The number of aryl methyl sites for hydroxylation is 2. The topological polar surface area (TPSA) is 121 Å². The highest BCUT2D eigenvalue weighted by atomic mass is 32.2. The smallest absolute Gasteiger partial charge is 0.254 e. The molecule has 3 rings (SSSR count). The molecule has 0 bridgehead atoms. The Morgan fingerprint density at radius 1 is 1.23 bits per heavy atom. The van der Waals surface area contributed by atoms with Gasteiger partial charge < -0.3 is 15.5 Å². The van der Waals surface area contributed by atoms with Crippen LogP contribution >= 0.6 is 0 Å². The zero-order valence-corrected chi connectivity index (χ0v) is 17.9. The molecule has 1 aromatic carbocycles. The number of halogens is 1. The van der Waals surface area contributed by atoms with Crippen LogP contribution in [0.1, 0.15) is 30.4 Å². The summed E-state index contributed by atoms with van der Waals surface area (Å²) in [4.78, 5) is 12.4. The summed E-state index contributed by atoms with van der Waals surface area (Å²) in [6, 6.07) is 5.92. The van der Waals surface area contributed by atoms with Crippen molar-refractivity contribution in [2.45, 2.75) is 44.0 Å². The average molecular weight is 440 g/mol. The van der Waals surface area contributed by atoms with Crippen molar-refractivity contribution >= 4 is 27.2 Å². The van der Waals surface area contributed by atoms with Crippen LogP contribution in [0.4, 0.5) is 21.6 Å². The van der Waals surface area contributed by atoms with Crippen LogP contribution < -0.4 is 15.6 Å². The number of aliphatic hydroxyl groups excluding tert-OH is 2. The predicted molar refractivity (Wildman–Crippen MR) is 113 cm³/mol. The normalized spacial score (nSPS) is 16.2. The fraction of sp³-hybridized carbons (Fsp3) is 0.450. The van der Waals surface area contributed by atoms with Gasteiger partial charge in [-0.25, -0.2) is 12.8 Å². The number of rotatable bonds is 8. The van der Waals surface area contributed by atoms with Gasteiger partial charge in [-0.3, -0.25) is 14.1 Å². The van der Waals surface area contributed by atoms with E-state index in [4.69, 9.17) is 5.11 Å². The van der Waals surface area contributed by atoms with Crippen LogP contribution in [0.3, 0.4) is 0 Å². The Morgan fingerprint density at radius 2 is 1.90 bits per heavy atom. The van der Waals surface area contributed by atoms with E-state index in [2.05, 4.69) is 10.0 Å². The van der Waals surface area contributed by atoms with E-state index in [1.807, 2.05) is 0 Å². The van der Waals surface area contributed by atoms with Gasteiger partial charge in [0, 0.05) is 12.6 Å². The molecule has 30 heavy (non-hydrogen) atoms. The zero-order chi connectivity index (χ0) is 22.3. The van der Waals surface area contributed by atoms with Gasteiger partial charge in [-0.1, -0.05) is 6.07 Å². The Labute approximate surface area is 174 Å². The second kappa shape index (κ2) is 8.01. The first kappa shape index (κ1) is 22.3. The maximum atomic E-state index is 14.4. The summed E-state index contributed by atoms with van der Waals surface area (Å²) in [7, 11) is -2.49. The molecule has 1 aliphatic rings. The molecule has 8 nitrogen and oxygen atoms in total. The third-order valence-electron chi connectivity index (χ3n) is 5.41. The van der Waals surface area contributed by atoms with E-state index < -0.39 is 33.3 Å². The van der Waals surface area contributed by atoms with Gasteiger partial charge in [-0.15, -0.1) is 0 Å². The summed E-state index contributed by atoms with van der Waals surface area (Å²) in [5.74, 6) is -0.447. The van der Waals surface area contributed by atoms with Crippen molar-refractivity contribution in [3.05, 3.63) is 51.6 Å². The first-order chi connectivity index (χ1) is 14.0. The summed E-state index contributed by atoms with van der Waals surface area (Å²) in [6.07, 6.45) is -0.553. The first-order valence-electron chi connectivity index (χ1n) is 9.55. The lowest BCUT2D eigenvalue weighted by Crippen LogP contribution is -2.35. The molecule has 4 N–H and O–H groups in total. The minimum absolute atomic E-state index is 0.0930. The number of aliphatic hydroxyl groups is 2. The maximum absolute atomic E-state index is 14.4. The van der Waals surface area contributed by atoms with Gasteiger partial charge in [-0.05, 0) is 56.9 Å². The molecule has 0 saturated heterocycles. The van der Waals surface area contributed by atoms with Gasteiger partial charge in [0.05, 0.1) is 28.8 Å². The van der Waals surface area contributed by atoms with Crippen molar-refractivity contribution in [3.8, 4) is 0 Å². The molecule has 1 saturated carbocycles. The highest BCUT2D eigenvalue weighted by Crippen LogP contribution is 2.48. The van der Waals surface area contributed by atoms with Crippen molar-refractivity contribution < 1.29 is 23.0 Å². The van der Waals surface area contributed by atoms with Crippen molar-refractivity contribution in [1.82, 2.24) is 4.57 Å². The van der Waals surface area contributed by atoms with E-state index in [-0.39, 0.29) is 29.2 Å². The summed E-state index contributed by atoms with van der Waals surface area (Å²) in [6.45, 7) is 2.76. The van der Waals surface area contributed by atoms with E-state index in [0.717, 1.165) is 5.56 Å². The van der Waals surface area contributed by atoms with Crippen LogP contribution in [0.5, 0.6) is 0 Å². The molecule has 1 fully saturated rings. The van der Waals surface area contributed by atoms with Crippen LogP contribution in [0.25, 0.3) is 0 Å². The van der Waals surface area contributed by atoms with E-state index in [9.17, 15) is 22.7 Å². The van der Waals surface area contributed by atoms with Gasteiger partial charge in [0.15, 0.2) is 0 Å². The SMILES string of the molecule is Cc1ccc(Nc2c(NS(=O)(=O)C3(C[C@@H](O)CO)CC3)cc(C)c(=O)n2C)c(F)c1. The van der Waals surface area contributed by atoms with Gasteiger partial charge >= 0.3 is 0 Å². The Kier molecular flexibility index (Phi) is 5.94. The number of hydrogen-bond acceptors (Lipinski definition) is 6. The fourth-order valence-electron chi connectivity index (χ4n) is 3.44. The number of aromatic nitrogens is 1. The predicted octanol–water partition coefficient (Wildman–Crippen LogP) is 1.90. The molecule has 10 heteroatoms. The van der Waals surface area contributed by atoms with Crippen LogP contribution in [0, 0.1) is 19.7 Å². The summed E-state index contributed by atoms with van der Waals surface area (Å²) in [5.41, 5.74) is 0.862. The largest absolute Gasteiger partial charge is 0.394 e. The number of benzene rings is 1. The Morgan fingerprint density at radius 3 is 2.47 bits per heavy atom. The molecule has 0 aliphatic heterocycles. The molecule has 0 spiro atoms. The number of hydrogen-bond donors (Lipinski definition) is 4. The highest BCUT2D eigenvalue weighted by Gasteiger charge is 2.55. The highest BCUT2D eigenvalue weighted by molar-refractivity contribution is 7.94. The average Bonchev–Trinajstić information content (AvgIpc) is 3.45. The van der Waals surface area contributed by atoms with E-state index in [0.29, 0.717) is 18.4 Å². The van der Waals surface area contributed by atoms with Gasteiger partial charge in [-0.2, -0.15) is 0 Å². The lowest BCUT2D eigenvalue weighted by atomic mass is 10.2. The van der Waals surface area contributed by atoms with Crippen LogP contribution in [0.15, 0.2) is 29.1 Å². The Bertz CT molecular complexity index is 1130. The quantitative estimate of drug-likeness (QED) is 0.499. The lowest BCUT2D eigenvalue weighted by Gasteiger charge is -2.23. The number of pyridine rings is 1. The molecule has 0 unspecified atom stereocenters. The van der Waals surface area contributed by atoms with Crippen molar-refractivity contribution in [1.29, 1.82) is 0 Å². The summed E-state index contributed by atoms with van der Waals surface area (Å²) >= 11 is 0. The van der Waals surface area contributed by atoms with Gasteiger partial charge in [0.2, 0.25) is 10.0 Å². The standard InChI is InChI=1S/C20H26FN3O5S/c1-12-4-5-16(15(21)8-12)22-18-17(9-13(2)19(27)24(18)3)23-30(28,29)20(6-7-20)10-14(26)11-25/h4-5,8-9,14,22-23,25-26H,6-7,10-11H2,1-3H3/t14-/m1/s1. The second-order valence-electron chi connectivity index (χ2n) is 7.89. The van der Waals surface area contributed by atoms with E-state index in [1.165, 1.54) is 29.8 Å². The molecular weight excluding hydrogens is 413 g/mol. The first-order valence-corrected chi connectivity index (χ1v) is 11.0. The minimum atomic E-state index is -3.96. The third kappa shape index (κ3) is 4.21. The molecule has 0 radical (unpaired) electrons. The van der Waals surface area contributed by atoms with Crippen LogP contribution in [-0.4, -0.2) is 40.7 Å². The monoisotopic (exact) mass is 439 g/mol. The number of sulfonamides is 1. The number of nitrogens with zero attached hydrogens (tertiary/aromatic N) is 1. The minimum Gasteiger partial charge on any atom is -0.394 e. The van der Waals surface area contributed by atoms with E-state index >= 15 is 0 Å². The molecule has 1 aliphatic carbocycles. The van der Waals surface area contributed by atoms with Crippen LogP contribution in [-0.2, 0) is 17.1 Å². The lowest BCUT2D eigenvalue weighted by molar-refractivity contribution is 0.0858. The fourth-order valence-corrected chi connectivity index (χ4v) is 5.15. The molecule has 1 atom stereocenters. The molecule has 0 amide bonds. The second-order valence-corrected chi connectivity index (χ2v) is 9.97. The Hall–Kier alpha value is -2.43. The molecule has 1 aromatic heterocycles. The Balaban J connectivity index is 2.01. The van der Waals surface area contributed by atoms with E-state index in [1.54, 1.807) is 19.9 Å². The number of anilines is 3. The van der Waals surface area contributed by atoms with Crippen molar-refractivity contribution in [2.24, 2.45) is 7.05 Å². The molecule has 1 heterocycles. The molecular formula is C20H26FN3O5S. The third-order valence-corrected chi connectivity index (χ3v) is 7.62. The van der Waals surface area contributed by atoms with Crippen molar-refractivity contribution in [2.75, 3.05) is 16.6 Å². The van der Waals surface area contributed by atoms with Gasteiger partial charge in [0.1, 0.15) is 11.6 Å². The maximum Gasteiger partial charge on any atom is 0.254 e. The zero-order valence-electron chi connectivity index (χ0n) is 17.1. The number of nitrogens with one attached hydrogen (secondary N) is 2.